The molecule has 0 aromatic heterocycles. The summed E-state index contributed by atoms with van der Waals surface area (Å²) in [6.45, 7) is 0. The van der Waals surface area contributed by atoms with Gasteiger partial charge in [-0.3, -0.25) is 5.01 Å². The molecule has 4 nitrogen and oxygen atoms in total. The molecule has 1 aliphatic rings. The number of hydrogen-bond donors (Lipinski definition) is 1. The number of para-hydroxylation sites is 1. The largest absolute Gasteiger partial charge is 0.480 e. The third kappa shape index (κ3) is 2.28. The van der Waals surface area contributed by atoms with Gasteiger partial charge in [0, 0.05) is 6.42 Å². The number of carbonyl (C=O) groups is 1. The first kappa shape index (κ1) is 12.4. The molecule has 100 valence electrons. The van der Waals surface area contributed by atoms with Gasteiger partial charge in [0.1, 0.15) is 0 Å². The zero-order chi connectivity index (χ0) is 13.9. The lowest BCUT2D eigenvalue weighted by Gasteiger charge is -2.18. The summed E-state index contributed by atoms with van der Waals surface area (Å²) in [6, 6.07) is 16.7. The Balaban J connectivity index is 1.93. The molecular weight excluding hydrogens is 252 g/mol. The minimum absolute atomic E-state index is 0.484. The molecule has 1 N–H and O–H groups in total. The highest BCUT2D eigenvalue weighted by Gasteiger charge is 2.34. The topological polar surface area (TPSA) is 52.9 Å². The maximum absolute atomic E-state index is 11.4. The minimum Gasteiger partial charge on any atom is -0.480 e. The van der Waals surface area contributed by atoms with E-state index in [0.717, 1.165) is 16.8 Å². The van der Waals surface area contributed by atoms with Gasteiger partial charge in [-0.05, 0) is 17.2 Å². The highest BCUT2D eigenvalue weighted by atomic mass is 16.4. The zero-order valence-corrected chi connectivity index (χ0v) is 10.8. The average Bonchev–Trinajstić information content (AvgIpc) is 2.85. The van der Waals surface area contributed by atoms with Crippen molar-refractivity contribution in [1.82, 2.24) is 0 Å². The summed E-state index contributed by atoms with van der Waals surface area (Å²) >= 11 is 0. The van der Waals surface area contributed by atoms with Crippen molar-refractivity contribution in [3.05, 3.63) is 65.7 Å². The van der Waals surface area contributed by atoms with Crippen molar-refractivity contribution in [3.63, 3.8) is 0 Å². The first-order valence-corrected chi connectivity index (χ1v) is 6.44. The van der Waals surface area contributed by atoms with Crippen LogP contribution in [0.2, 0.25) is 0 Å². The molecule has 1 heterocycles. The van der Waals surface area contributed by atoms with Gasteiger partial charge in [0.2, 0.25) is 0 Å². The molecule has 1 atom stereocenters. The Labute approximate surface area is 117 Å². The fourth-order valence-electron chi connectivity index (χ4n) is 2.37. The number of hydrazone groups is 1. The van der Waals surface area contributed by atoms with Gasteiger partial charge in [-0.25, -0.2) is 4.79 Å². The van der Waals surface area contributed by atoms with Gasteiger partial charge in [-0.1, -0.05) is 48.5 Å². The van der Waals surface area contributed by atoms with Gasteiger partial charge in [0.25, 0.3) is 0 Å². The van der Waals surface area contributed by atoms with Crippen LogP contribution in [-0.4, -0.2) is 23.3 Å². The van der Waals surface area contributed by atoms with E-state index >= 15 is 0 Å². The third-order valence-corrected chi connectivity index (χ3v) is 3.36. The van der Waals surface area contributed by atoms with Crippen molar-refractivity contribution in [3.8, 4) is 0 Å². The quantitative estimate of drug-likeness (QED) is 0.869. The fourth-order valence-corrected chi connectivity index (χ4v) is 2.37. The van der Waals surface area contributed by atoms with Crippen molar-refractivity contribution >= 4 is 17.9 Å². The molecule has 0 amide bonds. The summed E-state index contributed by atoms with van der Waals surface area (Å²) in [5.74, 6) is -0.855. The van der Waals surface area contributed by atoms with Crippen molar-refractivity contribution in [1.29, 1.82) is 0 Å². The van der Waals surface area contributed by atoms with E-state index in [9.17, 15) is 9.90 Å². The number of nitrogens with zero attached hydrogens (tertiary/aromatic N) is 2. The van der Waals surface area contributed by atoms with E-state index in [4.69, 9.17) is 0 Å². The van der Waals surface area contributed by atoms with Gasteiger partial charge in [0.05, 0.1) is 11.9 Å². The Morgan fingerprint density at radius 1 is 1.15 bits per heavy atom. The maximum Gasteiger partial charge on any atom is 0.328 e. The lowest BCUT2D eigenvalue weighted by molar-refractivity contribution is -0.138. The van der Waals surface area contributed by atoms with Gasteiger partial charge in [-0.2, -0.15) is 5.10 Å². The molecule has 0 fully saturated rings. The summed E-state index contributed by atoms with van der Waals surface area (Å²) < 4.78 is 0. The summed E-state index contributed by atoms with van der Waals surface area (Å²) in [7, 11) is 0. The predicted molar refractivity (Wildman–Crippen MR) is 78.1 cm³/mol. The molecule has 20 heavy (non-hydrogen) atoms. The van der Waals surface area contributed by atoms with E-state index in [1.807, 2.05) is 54.6 Å². The van der Waals surface area contributed by atoms with Crippen molar-refractivity contribution in [2.45, 2.75) is 12.5 Å². The van der Waals surface area contributed by atoms with Crippen LogP contribution >= 0.6 is 0 Å². The normalized spacial score (nSPS) is 17.4. The molecule has 2 aromatic carbocycles. The molecule has 0 aliphatic carbocycles. The number of anilines is 1. The Hall–Kier alpha value is -2.62. The Morgan fingerprint density at radius 3 is 2.60 bits per heavy atom. The molecule has 0 spiro atoms. The van der Waals surface area contributed by atoms with Crippen LogP contribution in [0.5, 0.6) is 0 Å². The molecule has 0 saturated carbocycles. The summed E-state index contributed by atoms with van der Waals surface area (Å²) in [4.78, 5) is 11.4. The maximum atomic E-state index is 11.4. The van der Waals surface area contributed by atoms with Crippen LogP contribution in [0.15, 0.2) is 59.7 Å². The molecule has 3 rings (SSSR count). The predicted octanol–water partition coefficient (Wildman–Crippen LogP) is 2.54. The van der Waals surface area contributed by atoms with Crippen molar-refractivity contribution < 1.29 is 9.90 Å². The second kappa shape index (κ2) is 5.17. The fraction of sp³-hybridized carbons (Fsp3) is 0.125. The molecule has 1 unspecified atom stereocenters. The van der Waals surface area contributed by atoms with E-state index in [-0.39, 0.29) is 0 Å². The second-order valence-electron chi connectivity index (χ2n) is 4.69. The highest BCUT2D eigenvalue weighted by Crippen LogP contribution is 2.32. The van der Waals surface area contributed by atoms with Crippen LogP contribution < -0.4 is 5.01 Å². The molecule has 1 aliphatic heterocycles. The van der Waals surface area contributed by atoms with E-state index in [1.165, 1.54) is 0 Å². The highest BCUT2D eigenvalue weighted by molar-refractivity contribution is 5.85. The van der Waals surface area contributed by atoms with Gasteiger partial charge >= 0.3 is 5.97 Å². The summed E-state index contributed by atoms with van der Waals surface area (Å²) in [5.41, 5.74) is 2.83. The number of carboxylic acids is 1. The van der Waals surface area contributed by atoms with Crippen LogP contribution in [0.25, 0.3) is 0 Å². The number of hydrogen-bond acceptors (Lipinski definition) is 3. The van der Waals surface area contributed by atoms with Crippen molar-refractivity contribution in [2.24, 2.45) is 5.10 Å². The molecule has 2 aromatic rings. The van der Waals surface area contributed by atoms with Crippen LogP contribution in [0.4, 0.5) is 5.69 Å². The SMILES string of the molecule is O=C(O)C1Cc2ccccc2N1/N=C/c1ccccc1. The second-order valence-corrected chi connectivity index (χ2v) is 4.69. The van der Waals surface area contributed by atoms with E-state index < -0.39 is 12.0 Å². The van der Waals surface area contributed by atoms with Gasteiger partial charge in [0.15, 0.2) is 6.04 Å². The van der Waals surface area contributed by atoms with Crippen LogP contribution in [-0.2, 0) is 11.2 Å². The Morgan fingerprint density at radius 2 is 1.85 bits per heavy atom. The summed E-state index contributed by atoms with van der Waals surface area (Å²) in [6.07, 6.45) is 2.18. The zero-order valence-electron chi connectivity index (χ0n) is 10.8. The van der Waals surface area contributed by atoms with Crippen LogP contribution in [0.3, 0.4) is 0 Å². The minimum atomic E-state index is -0.855. The van der Waals surface area contributed by atoms with Crippen LogP contribution in [0, 0.1) is 0 Å². The lowest BCUT2D eigenvalue weighted by atomic mass is 10.1. The van der Waals surface area contributed by atoms with Gasteiger partial charge in [-0.15, -0.1) is 0 Å². The average molecular weight is 266 g/mol. The Kier molecular flexibility index (Phi) is 3.21. The number of rotatable bonds is 3. The van der Waals surface area contributed by atoms with E-state index in [1.54, 1.807) is 11.2 Å². The monoisotopic (exact) mass is 266 g/mol. The summed E-state index contributed by atoms with van der Waals surface area (Å²) in [5, 5.41) is 15.3. The molecule has 4 heteroatoms. The smallest absolute Gasteiger partial charge is 0.328 e. The molecule has 0 bridgehead atoms. The molecule has 0 radical (unpaired) electrons. The first-order valence-electron chi connectivity index (χ1n) is 6.44. The van der Waals surface area contributed by atoms with E-state index in [2.05, 4.69) is 5.10 Å². The number of aliphatic carboxylic acids is 1. The number of fused-ring (bicyclic) bond motifs is 1. The van der Waals surface area contributed by atoms with Crippen molar-refractivity contribution in [2.75, 3.05) is 5.01 Å². The lowest BCUT2D eigenvalue weighted by Crippen LogP contribution is -2.34. The van der Waals surface area contributed by atoms with E-state index in [0.29, 0.717) is 6.42 Å². The number of carboxylic acid groups (broad SMARTS) is 1. The standard InChI is InChI=1S/C16H14N2O2/c19-16(20)15-10-13-8-4-5-9-14(13)18(15)17-11-12-6-2-1-3-7-12/h1-9,11,15H,10H2,(H,19,20)/b17-11+. The first-order chi connectivity index (χ1) is 9.75. The Bertz CT molecular complexity index is 653. The van der Waals surface area contributed by atoms with Gasteiger partial charge < -0.3 is 5.11 Å². The van der Waals surface area contributed by atoms with Crippen LogP contribution in [0.1, 0.15) is 11.1 Å². The number of benzene rings is 2. The molecule has 0 saturated heterocycles. The molecular formula is C16H14N2O2. The third-order valence-electron chi connectivity index (χ3n) is 3.36.